The van der Waals surface area contributed by atoms with Gasteiger partial charge in [-0.15, -0.1) is 0 Å². The van der Waals surface area contributed by atoms with E-state index in [9.17, 15) is 53.1 Å². The smallest absolute Gasteiger partial charge is 0.461 e. The Morgan fingerprint density at radius 1 is 0.800 bits per heavy atom. The minimum absolute atomic E-state index is 0.148. The Labute approximate surface area is 133 Å². The molecule has 3 nitrogen and oxygen atoms in total. The van der Waals surface area contributed by atoms with Crippen molar-refractivity contribution in [2.24, 2.45) is 0 Å². The van der Waals surface area contributed by atoms with Gasteiger partial charge in [-0.05, 0) is 6.42 Å². The number of halogens is 11. The number of rotatable bonds is 8. The summed E-state index contributed by atoms with van der Waals surface area (Å²) in [6, 6.07) is 0. The van der Waals surface area contributed by atoms with Gasteiger partial charge in [-0.2, -0.15) is 48.3 Å². The van der Waals surface area contributed by atoms with Gasteiger partial charge in [0, 0.05) is 0 Å². The van der Waals surface area contributed by atoms with E-state index < -0.39 is 42.8 Å². The number of hydrogen-bond donors (Lipinski definition) is 0. The quantitative estimate of drug-likeness (QED) is 0.335. The molecule has 0 saturated carbocycles. The second-order valence-electron chi connectivity index (χ2n) is 4.63. The van der Waals surface area contributed by atoms with Gasteiger partial charge in [-0.3, -0.25) is 4.74 Å². The van der Waals surface area contributed by atoms with Crippen molar-refractivity contribution in [3.8, 4) is 0 Å². The molecule has 0 aromatic rings. The molecule has 25 heavy (non-hydrogen) atoms. The second-order valence-corrected chi connectivity index (χ2v) is 4.63. The number of ether oxygens (including phenoxy) is 2. The second kappa shape index (κ2) is 7.50. The van der Waals surface area contributed by atoms with Crippen molar-refractivity contribution in [3.63, 3.8) is 0 Å². The molecule has 0 N–H and O–H groups in total. The molecule has 0 radical (unpaired) electrons. The molecule has 0 spiro atoms. The molecule has 0 amide bonds. The van der Waals surface area contributed by atoms with E-state index >= 15 is 0 Å². The van der Waals surface area contributed by atoms with Crippen LogP contribution in [0.3, 0.4) is 0 Å². The third kappa shape index (κ3) is 5.07. The highest BCUT2D eigenvalue weighted by Crippen LogP contribution is 2.51. The minimum atomic E-state index is -7.22. The number of esters is 1. The van der Waals surface area contributed by atoms with E-state index in [1.54, 1.807) is 6.92 Å². The molecule has 150 valence electrons. The maximum Gasteiger partial charge on any atom is 0.462 e. The normalized spacial score (nSPS) is 16.5. The highest BCUT2D eigenvalue weighted by atomic mass is 19.4. The molecular formula is C11H11F11O3. The first-order chi connectivity index (χ1) is 10.9. The Bertz CT molecular complexity index is 457. The molecule has 0 aliphatic carbocycles. The molecule has 1 atom stereocenters. The maximum absolute atomic E-state index is 13.6. The summed E-state index contributed by atoms with van der Waals surface area (Å²) in [5, 5.41) is 0. The summed E-state index contributed by atoms with van der Waals surface area (Å²) in [5.74, 6) is -16.7. The molecule has 1 unspecified atom stereocenters. The van der Waals surface area contributed by atoms with Crippen LogP contribution in [0.2, 0.25) is 0 Å². The van der Waals surface area contributed by atoms with Crippen molar-refractivity contribution in [2.45, 2.75) is 56.4 Å². The van der Waals surface area contributed by atoms with Crippen LogP contribution in [0.25, 0.3) is 0 Å². The summed E-state index contributed by atoms with van der Waals surface area (Å²) >= 11 is 0. The van der Waals surface area contributed by atoms with E-state index in [-0.39, 0.29) is 12.8 Å². The monoisotopic (exact) mass is 400 g/mol. The zero-order valence-electron chi connectivity index (χ0n) is 12.2. The first-order valence-corrected chi connectivity index (χ1v) is 6.39. The summed E-state index contributed by atoms with van der Waals surface area (Å²) < 4.78 is 143. The van der Waals surface area contributed by atoms with Crippen LogP contribution in [-0.2, 0) is 14.3 Å². The van der Waals surface area contributed by atoms with Gasteiger partial charge in [-0.25, -0.2) is 4.79 Å². The summed E-state index contributed by atoms with van der Waals surface area (Å²) in [7, 11) is 0. The van der Waals surface area contributed by atoms with Gasteiger partial charge < -0.3 is 4.74 Å². The maximum atomic E-state index is 13.6. The van der Waals surface area contributed by atoms with Crippen molar-refractivity contribution in [1.29, 1.82) is 0 Å². The van der Waals surface area contributed by atoms with Crippen molar-refractivity contribution < 1.29 is 62.6 Å². The van der Waals surface area contributed by atoms with Crippen molar-refractivity contribution in [1.82, 2.24) is 0 Å². The third-order valence-corrected chi connectivity index (χ3v) is 2.60. The Balaban J connectivity index is 5.59. The molecule has 0 aliphatic rings. The fourth-order valence-electron chi connectivity index (χ4n) is 1.23. The lowest BCUT2D eigenvalue weighted by molar-refractivity contribution is -0.475. The largest absolute Gasteiger partial charge is 0.462 e. The lowest BCUT2D eigenvalue weighted by Crippen LogP contribution is -2.61. The predicted molar refractivity (Wildman–Crippen MR) is 57.4 cm³/mol. The van der Waals surface area contributed by atoms with E-state index in [2.05, 4.69) is 4.74 Å². The fourth-order valence-corrected chi connectivity index (χ4v) is 1.23. The summed E-state index contributed by atoms with van der Waals surface area (Å²) in [6.45, 7) is 0.666. The Kier molecular flexibility index (Phi) is 7.09. The van der Waals surface area contributed by atoms with Crippen molar-refractivity contribution >= 4 is 5.97 Å². The fraction of sp³-hybridized carbons (Fsp3) is 0.909. The average molecular weight is 400 g/mol. The van der Waals surface area contributed by atoms with Gasteiger partial charge in [-0.1, -0.05) is 19.8 Å². The molecule has 0 fully saturated rings. The minimum Gasteiger partial charge on any atom is -0.461 e. The van der Waals surface area contributed by atoms with Crippen LogP contribution in [0, 0.1) is 0 Å². The SMILES string of the molecule is CCCCCOC(=O)C(F)(OC(F)(F)C(F)(F)C(F)(F)F)C(F)(F)F. The molecule has 0 bridgehead atoms. The third-order valence-electron chi connectivity index (χ3n) is 2.60. The van der Waals surface area contributed by atoms with E-state index in [1.165, 1.54) is 0 Å². The van der Waals surface area contributed by atoms with Crippen LogP contribution in [0.15, 0.2) is 0 Å². The highest BCUT2D eigenvalue weighted by molar-refractivity contribution is 5.78. The average Bonchev–Trinajstić information content (AvgIpc) is 2.40. The van der Waals surface area contributed by atoms with Crippen molar-refractivity contribution in [3.05, 3.63) is 0 Å². The molecular weight excluding hydrogens is 389 g/mol. The molecule has 0 rings (SSSR count). The van der Waals surface area contributed by atoms with E-state index in [4.69, 9.17) is 0 Å². The lowest BCUT2D eigenvalue weighted by atomic mass is 10.2. The molecule has 14 heteroatoms. The summed E-state index contributed by atoms with van der Waals surface area (Å²) in [4.78, 5) is 11.0. The van der Waals surface area contributed by atoms with E-state index in [0.29, 0.717) is 6.42 Å². The molecule has 0 heterocycles. The predicted octanol–water partition coefficient (Wildman–Crippen LogP) is 4.75. The van der Waals surface area contributed by atoms with Crippen LogP contribution < -0.4 is 0 Å². The Morgan fingerprint density at radius 3 is 1.64 bits per heavy atom. The number of unbranched alkanes of at least 4 members (excludes halogenated alkanes) is 2. The molecule has 0 aliphatic heterocycles. The van der Waals surface area contributed by atoms with Gasteiger partial charge >= 0.3 is 36.2 Å². The van der Waals surface area contributed by atoms with Crippen molar-refractivity contribution in [2.75, 3.05) is 6.61 Å². The summed E-state index contributed by atoms with van der Waals surface area (Å²) in [6.07, 6.45) is -20.3. The standard InChI is InChI=1S/C11H11F11O3/c1-2-3-4-5-24-6(23)7(12,9(15,16)17)25-11(21,22)8(13,14)10(18,19)20/h2-5H2,1H3. The van der Waals surface area contributed by atoms with Gasteiger partial charge in [0.25, 0.3) is 0 Å². The first-order valence-electron chi connectivity index (χ1n) is 6.39. The first kappa shape index (κ1) is 23.7. The number of hydrogen-bond acceptors (Lipinski definition) is 3. The van der Waals surface area contributed by atoms with E-state index in [0.717, 1.165) is 0 Å². The molecule has 0 aromatic heterocycles. The van der Waals surface area contributed by atoms with Crippen LogP contribution in [0.4, 0.5) is 48.3 Å². The highest BCUT2D eigenvalue weighted by Gasteiger charge is 2.80. The van der Waals surface area contributed by atoms with Crippen LogP contribution in [0.1, 0.15) is 26.2 Å². The van der Waals surface area contributed by atoms with Crippen LogP contribution in [-0.4, -0.2) is 42.8 Å². The van der Waals surface area contributed by atoms with Crippen LogP contribution in [0.5, 0.6) is 0 Å². The van der Waals surface area contributed by atoms with E-state index in [1.807, 2.05) is 4.74 Å². The number of carbonyl (C=O) groups is 1. The number of alkyl halides is 11. The zero-order valence-corrected chi connectivity index (χ0v) is 12.2. The van der Waals surface area contributed by atoms with Gasteiger partial charge in [0.1, 0.15) is 0 Å². The van der Waals surface area contributed by atoms with Gasteiger partial charge in [0.05, 0.1) is 6.61 Å². The summed E-state index contributed by atoms with van der Waals surface area (Å²) in [5.41, 5.74) is 0. The van der Waals surface area contributed by atoms with Crippen LogP contribution >= 0.6 is 0 Å². The Morgan fingerprint density at radius 2 is 1.28 bits per heavy atom. The zero-order chi connectivity index (χ0) is 20.3. The van der Waals surface area contributed by atoms with Gasteiger partial charge in [0.2, 0.25) is 0 Å². The number of carbonyl (C=O) groups excluding carboxylic acids is 1. The topological polar surface area (TPSA) is 35.5 Å². The molecule has 0 saturated heterocycles. The van der Waals surface area contributed by atoms with Gasteiger partial charge in [0.15, 0.2) is 0 Å². The molecule has 0 aromatic carbocycles. The lowest BCUT2D eigenvalue weighted by Gasteiger charge is -2.33. The Hall–Kier alpha value is -1.34.